The third kappa shape index (κ3) is 5.57. The van der Waals surface area contributed by atoms with Gasteiger partial charge in [0.05, 0.1) is 11.1 Å². The van der Waals surface area contributed by atoms with Crippen molar-refractivity contribution >= 4 is 39.2 Å². The molecule has 0 aromatic carbocycles. The molecular weight excluding hydrogens is 440 g/mol. The summed E-state index contributed by atoms with van der Waals surface area (Å²) >= 11 is 3.14. The minimum Gasteiger partial charge on any atom is -0.342 e. The summed E-state index contributed by atoms with van der Waals surface area (Å²) in [5.74, 6) is 0.535. The minimum atomic E-state index is 0.0920. The summed E-state index contributed by atoms with van der Waals surface area (Å²) in [4.78, 5) is 37.9. The molecule has 32 heavy (non-hydrogen) atoms. The summed E-state index contributed by atoms with van der Waals surface area (Å²) in [5, 5.41) is 1.55. The molecule has 1 amide bonds. The van der Waals surface area contributed by atoms with Crippen molar-refractivity contribution in [2.75, 3.05) is 39.5 Å². The minimum absolute atomic E-state index is 0.0920. The SMILES string of the molecule is CN(C)CCCn1c(SCC(=O)N2CCCCCCC2)nc2sc3c(c2c1=O)CCCC3. The van der Waals surface area contributed by atoms with Gasteiger partial charge < -0.3 is 9.80 Å². The van der Waals surface area contributed by atoms with Gasteiger partial charge in [-0.1, -0.05) is 31.0 Å². The van der Waals surface area contributed by atoms with E-state index in [0.29, 0.717) is 17.5 Å². The Balaban J connectivity index is 1.58. The third-order valence-electron chi connectivity index (χ3n) is 6.56. The van der Waals surface area contributed by atoms with Gasteiger partial charge >= 0.3 is 0 Å². The van der Waals surface area contributed by atoms with Crippen LogP contribution in [-0.4, -0.2) is 64.7 Å². The van der Waals surface area contributed by atoms with Gasteiger partial charge in [-0.25, -0.2) is 4.98 Å². The van der Waals surface area contributed by atoms with Crippen molar-refractivity contribution < 1.29 is 4.79 Å². The fourth-order valence-electron chi connectivity index (χ4n) is 4.79. The molecule has 0 bridgehead atoms. The summed E-state index contributed by atoms with van der Waals surface area (Å²) < 4.78 is 1.85. The van der Waals surface area contributed by atoms with Gasteiger partial charge in [-0.15, -0.1) is 11.3 Å². The van der Waals surface area contributed by atoms with E-state index in [0.717, 1.165) is 68.4 Å². The van der Waals surface area contributed by atoms with Gasteiger partial charge in [0, 0.05) is 24.5 Å². The third-order valence-corrected chi connectivity index (χ3v) is 8.71. The van der Waals surface area contributed by atoms with Crippen molar-refractivity contribution in [2.24, 2.45) is 0 Å². The van der Waals surface area contributed by atoms with Gasteiger partial charge in [0.2, 0.25) is 5.91 Å². The summed E-state index contributed by atoms with van der Waals surface area (Å²) in [5.41, 5.74) is 1.33. The first kappa shape index (κ1) is 23.8. The molecule has 1 saturated heterocycles. The van der Waals surface area contributed by atoms with Gasteiger partial charge in [-0.2, -0.15) is 0 Å². The Bertz CT molecular complexity index is 990. The number of carbonyl (C=O) groups is 1. The molecule has 0 unspecified atom stereocenters. The molecule has 2 aliphatic rings. The lowest BCUT2D eigenvalue weighted by molar-refractivity contribution is -0.128. The van der Waals surface area contributed by atoms with E-state index in [4.69, 9.17) is 4.98 Å². The molecule has 1 aliphatic heterocycles. The van der Waals surface area contributed by atoms with Gasteiger partial charge in [0.25, 0.3) is 5.56 Å². The first-order valence-corrected chi connectivity index (χ1v) is 13.9. The number of hydrogen-bond acceptors (Lipinski definition) is 6. The number of carbonyl (C=O) groups excluding carboxylic acids is 1. The molecule has 3 heterocycles. The largest absolute Gasteiger partial charge is 0.342 e. The number of amides is 1. The zero-order valence-corrected chi connectivity index (χ0v) is 21.2. The average molecular weight is 477 g/mol. The van der Waals surface area contributed by atoms with Crippen molar-refractivity contribution in [1.29, 1.82) is 0 Å². The van der Waals surface area contributed by atoms with Crippen LogP contribution in [0.1, 0.15) is 61.8 Å². The highest BCUT2D eigenvalue weighted by atomic mass is 32.2. The quantitative estimate of drug-likeness (QED) is 0.443. The van der Waals surface area contributed by atoms with E-state index in [9.17, 15) is 9.59 Å². The molecule has 0 saturated carbocycles. The van der Waals surface area contributed by atoms with Crippen molar-refractivity contribution in [3.05, 3.63) is 20.8 Å². The topological polar surface area (TPSA) is 58.4 Å². The van der Waals surface area contributed by atoms with Crippen LogP contribution in [0.4, 0.5) is 0 Å². The smallest absolute Gasteiger partial charge is 0.263 e. The predicted octanol–water partition coefficient (Wildman–Crippen LogP) is 4.17. The molecule has 176 valence electrons. The van der Waals surface area contributed by atoms with Crippen LogP contribution in [0.25, 0.3) is 10.2 Å². The Labute approximate surface area is 199 Å². The van der Waals surface area contributed by atoms with Gasteiger partial charge in [-0.05, 0) is 71.1 Å². The van der Waals surface area contributed by atoms with E-state index in [1.54, 1.807) is 11.3 Å². The maximum atomic E-state index is 13.6. The van der Waals surface area contributed by atoms with Gasteiger partial charge in [0.1, 0.15) is 4.83 Å². The van der Waals surface area contributed by atoms with E-state index >= 15 is 0 Å². The summed E-state index contributed by atoms with van der Waals surface area (Å²) in [6.07, 6.45) is 11.2. The van der Waals surface area contributed by atoms with E-state index in [2.05, 4.69) is 19.0 Å². The Morgan fingerprint density at radius 3 is 2.53 bits per heavy atom. The zero-order valence-electron chi connectivity index (χ0n) is 19.5. The second-order valence-corrected chi connectivity index (χ2v) is 11.4. The molecular formula is C24H36N4O2S2. The molecule has 1 fully saturated rings. The Morgan fingerprint density at radius 1 is 1.06 bits per heavy atom. The maximum Gasteiger partial charge on any atom is 0.263 e. The number of aromatic nitrogens is 2. The fourth-order valence-corrected chi connectivity index (χ4v) is 7.02. The Kier molecular flexibility index (Phi) is 8.29. The number of thioether (sulfide) groups is 1. The van der Waals surface area contributed by atoms with Gasteiger partial charge in [0.15, 0.2) is 5.16 Å². The molecule has 6 nitrogen and oxygen atoms in total. The highest BCUT2D eigenvalue weighted by Crippen LogP contribution is 2.34. The van der Waals surface area contributed by atoms with E-state index < -0.39 is 0 Å². The van der Waals surface area contributed by atoms with Crippen LogP contribution in [0, 0.1) is 0 Å². The number of likely N-dealkylation sites (tertiary alicyclic amines) is 1. The van der Waals surface area contributed by atoms with Crippen LogP contribution in [-0.2, 0) is 24.2 Å². The number of nitrogens with zero attached hydrogens (tertiary/aromatic N) is 4. The van der Waals surface area contributed by atoms with Crippen LogP contribution in [0.15, 0.2) is 9.95 Å². The van der Waals surface area contributed by atoms with Crippen molar-refractivity contribution in [3.8, 4) is 0 Å². The first-order valence-electron chi connectivity index (χ1n) is 12.1. The number of thiophene rings is 1. The molecule has 1 aliphatic carbocycles. The van der Waals surface area contributed by atoms with Crippen LogP contribution < -0.4 is 5.56 Å². The highest BCUT2D eigenvalue weighted by Gasteiger charge is 2.23. The van der Waals surface area contributed by atoms with Crippen molar-refractivity contribution in [1.82, 2.24) is 19.4 Å². The second kappa shape index (κ2) is 11.2. The monoisotopic (exact) mass is 476 g/mol. The molecule has 0 atom stereocenters. The normalized spacial score (nSPS) is 17.4. The highest BCUT2D eigenvalue weighted by molar-refractivity contribution is 7.99. The fraction of sp³-hybridized carbons (Fsp3) is 0.708. The summed E-state index contributed by atoms with van der Waals surface area (Å²) in [6, 6.07) is 0. The molecule has 2 aromatic heterocycles. The second-order valence-electron chi connectivity index (χ2n) is 9.34. The number of hydrogen-bond donors (Lipinski definition) is 0. The molecule has 4 rings (SSSR count). The van der Waals surface area contributed by atoms with Crippen molar-refractivity contribution in [2.45, 2.75) is 75.9 Å². The number of aryl methyl sites for hydroxylation is 2. The van der Waals surface area contributed by atoms with E-state index in [-0.39, 0.29) is 11.5 Å². The van der Waals surface area contributed by atoms with Crippen LogP contribution in [0.5, 0.6) is 0 Å². The van der Waals surface area contributed by atoms with Crippen LogP contribution in [0.3, 0.4) is 0 Å². The first-order chi connectivity index (χ1) is 15.5. The molecule has 8 heteroatoms. The van der Waals surface area contributed by atoms with Gasteiger partial charge in [-0.3, -0.25) is 14.2 Å². The molecule has 0 N–H and O–H groups in total. The lowest BCUT2D eigenvalue weighted by atomic mass is 9.97. The summed E-state index contributed by atoms with van der Waals surface area (Å²) in [6.45, 7) is 3.28. The molecule has 2 aromatic rings. The lowest BCUT2D eigenvalue weighted by Gasteiger charge is -2.24. The number of fused-ring (bicyclic) bond motifs is 3. The van der Waals surface area contributed by atoms with Crippen LogP contribution in [0.2, 0.25) is 0 Å². The molecule has 0 radical (unpaired) electrons. The standard InChI is InChI=1S/C24H36N4O2S2/c1-26(2)13-10-16-28-23(30)21-18-11-6-7-12-19(18)32-22(21)25-24(28)31-17-20(29)27-14-8-4-3-5-9-15-27/h3-17H2,1-2H3. The van der Waals surface area contributed by atoms with Crippen molar-refractivity contribution in [3.63, 3.8) is 0 Å². The Morgan fingerprint density at radius 2 is 1.78 bits per heavy atom. The average Bonchev–Trinajstić information content (AvgIpc) is 3.12. The predicted molar refractivity (Wildman–Crippen MR) is 134 cm³/mol. The number of rotatable bonds is 7. The van der Waals surface area contributed by atoms with E-state index in [1.165, 1.54) is 47.9 Å². The molecule has 0 spiro atoms. The zero-order chi connectivity index (χ0) is 22.5. The Hall–Kier alpha value is -1.38. The van der Waals surface area contributed by atoms with E-state index in [1.807, 2.05) is 9.47 Å². The lowest BCUT2D eigenvalue weighted by Crippen LogP contribution is -2.35. The summed E-state index contributed by atoms with van der Waals surface area (Å²) in [7, 11) is 4.11. The maximum absolute atomic E-state index is 13.6. The van der Waals surface area contributed by atoms with Crippen LogP contribution >= 0.6 is 23.1 Å².